The average Bonchev–Trinajstić information content (AvgIpc) is 3.10. The first-order valence-electron chi connectivity index (χ1n) is 11.7. The number of hydrogen-bond donors (Lipinski definition) is 3. The first-order valence-corrected chi connectivity index (χ1v) is 11.7. The van der Waals surface area contributed by atoms with Gasteiger partial charge >= 0.3 is 0 Å². The lowest BCUT2D eigenvalue weighted by Crippen LogP contribution is -2.39. The second-order valence-corrected chi connectivity index (χ2v) is 8.98. The van der Waals surface area contributed by atoms with Crippen molar-refractivity contribution in [3.05, 3.63) is 84.1 Å². The molecular formula is C28H35NO6. The van der Waals surface area contributed by atoms with Crippen LogP contribution in [0.4, 0.5) is 0 Å². The lowest BCUT2D eigenvalue weighted by molar-refractivity contribution is -0.135. The van der Waals surface area contributed by atoms with Crippen LogP contribution in [-0.2, 0) is 14.4 Å². The van der Waals surface area contributed by atoms with Gasteiger partial charge in [-0.15, -0.1) is 0 Å². The van der Waals surface area contributed by atoms with Crippen LogP contribution in [0, 0.1) is 5.92 Å². The van der Waals surface area contributed by atoms with E-state index in [4.69, 9.17) is 0 Å². The molecule has 0 bridgehead atoms. The van der Waals surface area contributed by atoms with E-state index in [2.05, 4.69) is 0 Å². The number of aliphatic hydroxyl groups is 3. The Kier molecular flexibility index (Phi) is 11.0. The molecule has 0 aromatic heterocycles. The largest absolute Gasteiger partial charge is 0.390 e. The molecular weight excluding hydrogens is 446 g/mol. The Morgan fingerprint density at radius 1 is 0.857 bits per heavy atom. The van der Waals surface area contributed by atoms with Crippen LogP contribution >= 0.6 is 0 Å². The number of carbonyl (C=O) groups is 3. The Hall–Kier alpha value is -3.13. The van der Waals surface area contributed by atoms with Gasteiger partial charge in [-0.3, -0.25) is 14.4 Å². The van der Waals surface area contributed by atoms with Crippen molar-refractivity contribution in [2.45, 2.75) is 58.0 Å². The number of nitrogens with zero attached hydrogens (tertiary/aromatic N) is 1. The van der Waals surface area contributed by atoms with Crippen LogP contribution in [0.5, 0.6) is 0 Å². The molecule has 0 aliphatic carbocycles. The highest BCUT2D eigenvalue weighted by molar-refractivity contribution is 6.04. The predicted molar refractivity (Wildman–Crippen MR) is 135 cm³/mol. The molecule has 1 amide bonds. The Morgan fingerprint density at radius 2 is 1.51 bits per heavy atom. The van der Waals surface area contributed by atoms with Crippen LogP contribution in [0.15, 0.2) is 84.1 Å². The van der Waals surface area contributed by atoms with E-state index in [9.17, 15) is 29.7 Å². The van der Waals surface area contributed by atoms with Gasteiger partial charge in [0.25, 0.3) is 0 Å². The number of allylic oxidation sites excluding steroid dienone is 11. The highest BCUT2D eigenvalue weighted by Gasteiger charge is 2.39. The van der Waals surface area contributed by atoms with Crippen molar-refractivity contribution in [2.75, 3.05) is 6.54 Å². The fraction of sp³-hybridized carbons (Fsp3) is 0.393. The van der Waals surface area contributed by atoms with Crippen molar-refractivity contribution >= 4 is 17.5 Å². The summed E-state index contributed by atoms with van der Waals surface area (Å²) >= 11 is 0. The summed E-state index contributed by atoms with van der Waals surface area (Å²) in [5.41, 5.74) is 1.60. The molecule has 1 saturated heterocycles. The number of ketones is 2. The lowest BCUT2D eigenvalue weighted by Gasteiger charge is -2.23. The summed E-state index contributed by atoms with van der Waals surface area (Å²) in [4.78, 5) is 38.8. The van der Waals surface area contributed by atoms with E-state index in [1.807, 2.05) is 13.8 Å². The smallest absolute Gasteiger partial charge is 0.230 e. The van der Waals surface area contributed by atoms with Crippen LogP contribution < -0.4 is 0 Å². The second-order valence-electron chi connectivity index (χ2n) is 8.98. The zero-order valence-corrected chi connectivity index (χ0v) is 20.4. The van der Waals surface area contributed by atoms with Crippen molar-refractivity contribution in [1.82, 2.24) is 4.90 Å². The van der Waals surface area contributed by atoms with Crippen LogP contribution in [0.25, 0.3) is 0 Å². The fourth-order valence-corrected chi connectivity index (χ4v) is 3.73. The molecule has 2 aliphatic heterocycles. The average molecular weight is 482 g/mol. The Bertz CT molecular complexity index is 997. The predicted octanol–water partition coefficient (Wildman–Crippen LogP) is 2.52. The van der Waals surface area contributed by atoms with Gasteiger partial charge in [0, 0.05) is 12.5 Å². The van der Waals surface area contributed by atoms with Crippen molar-refractivity contribution in [2.24, 2.45) is 5.92 Å². The molecule has 0 saturated carbocycles. The van der Waals surface area contributed by atoms with Gasteiger partial charge in [-0.1, -0.05) is 78.8 Å². The van der Waals surface area contributed by atoms with E-state index in [1.165, 1.54) is 18.2 Å². The molecule has 0 spiro atoms. The number of aliphatic hydroxyl groups excluding tert-OH is 3. The van der Waals surface area contributed by atoms with Crippen LogP contribution in [0.1, 0.15) is 33.6 Å². The summed E-state index contributed by atoms with van der Waals surface area (Å²) in [6, 6.07) is -0.527. The minimum Gasteiger partial charge on any atom is -0.390 e. The van der Waals surface area contributed by atoms with E-state index in [-0.39, 0.29) is 30.4 Å². The van der Waals surface area contributed by atoms with Crippen LogP contribution in [0.2, 0.25) is 0 Å². The van der Waals surface area contributed by atoms with Gasteiger partial charge in [-0.05, 0) is 32.4 Å². The molecule has 35 heavy (non-hydrogen) atoms. The maximum absolute atomic E-state index is 12.8. The number of hydrogen-bond acceptors (Lipinski definition) is 6. The standard InChI is InChI=1S/C28H35NO6/c1-19-9-4-6-13-24(31)28(35)25(32)14-7-5-10-20(2)15-16-22(30)17-26(33)29-18-21(3)27(34)23(29)12-8-11-19/h4-13,15-16,21,23,25,27-28,32,34-35H,14,17-18H2,1-3H3/b7-5+,9-4-,12-8+,13-6+,16-15+,19-11+,20-10-/t21-,23-,25-,27+,28+/m0/s1. The lowest BCUT2D eigenvalue weighted by atomic mass is 10.0. The number of amides is 1. The monoisotopic (exact) mass is 481 g/mol. The van der Waals surface area contributed by atoms with Gasteiger partial charge in [0.05, 0.1) is 24.7 Å². The van der Waals surface area contributed by atoms with E-state index < -0.39 is 30.1 Å². The zero-order chi connectivity index (χ0) is 26.0. The van der Waals surface area contributed by atoms with Crippen molar-refractivity contribution in [1.29, 1.82) is 0 Å². The highest BCUT2D eigenvalue weighted by atomic mass is 16.3. The van der Waals surface area contributed by atoms with Crippen LogP contribution in [0.3, 0.4) is 0 Å². The molecule has 188 valence electrons. The summed E-state index contributed by atoms with van der Waals surface area (Å²) < 4.78 is 0. The maximum atomic E-state index is 12.8. The Morgan fingerprint density at radius 3 is 2.26 bits per heavy atom. The number of carbonyl (C=O) groups excluding carboxylic acids is 3. The molecule has 7 nitrogen and oxygen atoms in total. The third-order valence-corrected chi connectivity index (χ3v) is 5.88. The quantitative estimate of drug-likeness (QED) is 0.458. The summed E-state index contributed by atoms with van der Waals surface area (Å²) in [5, 5.41) is 30.6. The fourth-order valence-electron chi connectivity index (χ4n) is 3.73. The summed E-state index contributed by atoms with van der Waals surface area (Å²) in [5.74, 6) is -1.39. The highest BCUT2D eigenvalue weighted by Crippen LogP contribution is 2.25. The molecule has 7 heteroatoms. The normalized spacial score (nSPS) is 37.4. The van der Waals surface area contributed by atoms with E-state index in [1.54, 1.807) is 66.5 Å². The van der Waals surface area contributed by atoms with Crippen LogP contribution in [-0.4, -0.2) is 68.6 Å². The Balaban J connectivity index is 2.29. The summed E-state index contributed by atoms with van der Waals surface area (Å²) in [7, 11) is 0. The molecule has 2 rings (SSSR count). The molecule has 5 atom stereocenters. The topological polar surface area (TPSA) is 115 Å². The van der Waals surface area contributed by atoms with Gasteiger partial charge < -0.3 is 20.2 Å². The van der Waals surface area contributed by atoms with Crippen molar-refractivity contribution in [3.8, 4) is 0 Å². The first kappa shape index (κ1) is 28.1. The molecule has 3 N–H and O–H groups in total. The number of rotatable bonds is 0. The van der Waals surface area contributed by atoms with Gasteiger partial charge in [0.1, 0.15) is 6.10 Å². The van der Waals surface area contributed by atoms with Gasteiger partial charge in [0.2, 0.25) is 5.91 Å². The second kappa shape index (κ2) is 13.7. The third kappa shape index (κ3) is 8.87. The summed E-state index contributed by atoms with van der Waals surface area (Å²) in [6.45, 7) is 5.86. The van der Waals surface area contributed by atoms with Gasteiger partial charge in [0.15, 0.2) is 11.6 Å². The first-order chi connectivity index (χ1) is 16.6. The molecule has 2 heterocycles. The van der Waals surface area contributed by atoms with Crippen molar-refractivity contribution in [3.63, 3.8) is 0 Å². The van der Waals surface area contributed by atoms with Crippen molar-refractivity contribution < 1.29 is 29.7 Å². The molecule has 0 aromatic carbocycles. The third-order valence-electron chi connectivity index (χ3n) is 5.88. The minimum atomic E-state index is -1.53. The maximum Gasteiger partial charge on any atom is 0.230 e. The number of fused-ring (bicyclic) bond motifs is 1. The Labute approximate surface area is 206 Å². The molecule has 0 unspecified atom stereocenters. The van der Waals surface area contributed by atoms with E-state index in [0.717, 1.165) is 11.1 Å². The van der Waals surface area contributed by atoms with Gasteiger partial charge in [-0.2, -0.15) is 0 Å². The molecule has 0 radical (unpaired) electrons. The SMILES string of the molecule is CC1=C/C=C/C[C@H](O)[C@H](O)C(=O)/C=C/C=C\C(C)=C\C=C\[C@H]2[C@H](O)[C@@H](C)CN2C(=O)CC(=O)\C=C\1. The molecule has 1 fully saturated rings. The zero-order valence-electron chi connectivity index (χ0n) is 20.4. The van der Waals surface area contributed by atoms with E-state index in [0.29, 0.717) is 6.54 Å². The minimum absolute atomic E-state index is 0.0764. The van der Waals surface area contributed by atoms with E-state index >= 15 is 0 Å². The summed E-state index contributed by atoms with van der Waals surface area (Å²) in [6.07, 6.45) is 15.6. The molecule has 2 aliphatic rings. The van der Waals surface area contributed by atoms with Gasteiger partial charge in [-0.25, -0.2) is 0 Å². The molecule has 0 aromatic rings.